The third-order valence-corrected chi connectivity index (χ3v) is 3.41. The van der Waals surface area contributed by atoms with Crippen molar-refractivity contribution >= 4 is 11.6 Å². The summed E-state index contributed by atoms with van der Waals surface area (Å²) in [5.41, 5.74) is 13.0. The molecule has 1 aromatic carbocycles. The molecular formula is C15H25N3O. The molecule has 19 heavy (non-hydrogen) atoms. The molecule has 0 aliphatic heterocycles. The van der Waals surface area contributed by atoms with E-state index < -0.39 is 0 Å². The van der Waals surface area contributed by atoms with E-state index in [1.54, 1.807) is 0 Å². The number of benzene rings is 1. The molecule has 0 atom stereocenters. The van der Waals surface area contributed by atoms with Gasteiger partial charge >= 0.3 is 0 Å². The fourth-order valence-electron chi connectivity index (χ4n) is 2.27. The van der Waals surface area contributed by atoms with E-state index in [9.17, 15) is 4.79 Å². The third-order valence-electron chi connectivity index (χ3n) is 3.41. The first-order chi connectivity index (χ1) is 9.05. The lowest BCUT2D eigenvalue weighted by atomic mass is 10.0. The second-order valence-electron chi connectivity index (χ2n) is 5.06. The lowest BCUT2D eigenvalue weighted by Gasteiger charge is -2.25. The van der Waals surface area contributed by atoms with E-state index in [1.807, 2.05) is 24.3 Å². The van der Waals surface area contributed by atoms with Crippen molar-refractivity contribution in [3.05, 3.63) is 29.8 Å². The predicted octanol–water partition coefficient (Wildman–Crippen LogP) is 1.99. The number of primary amides is 1. The summed E-state index contributed by atoms with van der Waals surface area (Å²) in [7, 11) is 0. The minimum Gasteiger partial charge on any atom is -0.399 e. The van der Waals surface area contributed by atoms with Crippen LogP contribution < -0.4 is 11.5 Å². The minimum atomic E-state index is -0.283. The van der Waals surface area contributed by atoms with Crippen LogP contribution in [0.25, 0.3) is 0 Å². The number of rotatable bonds is 8. The largest absolute Gasteiger partial charge is 0.399 e. The van der Waals surface area contributed by atoms with Gasteiger partial charge in [-0.15, -0.1) is 0 Å². The number of hydrogen-bond acceptors (Lipinski definition) is 3. The first-order valence-corrected chi connectivity index (χ1v) is 6.90. The Morgan fingerprint density at radius 2 is 2.00 bits per heavy atom. The maximum Gasteiger partial charge on any atom is 0.231 e. The molecular weight excluding hydrogens is 238 g/mol. The molecule has 1 amide bonds. The van der Waals surface area contributed by atoms with Crippen molar-refractivity contribution in [3.8, 4) is 0 Å². The molecule has 0 radical (unpaired) electrons. The van der Waals surface area contributed by atoms with Gasteiger partial charge < -0.3 is 11.5 Å². The van der Waals surface area contributed by atoms with Gasteiger partial charge in [-0.05, 0) is 23.6 Å². The van der Waals surface area contributed by atoms with Crippen molar-refractivity contribution in [1.29, 1.82) is 0 Å². The minimum absolute atomic E-state index is 0.283. The van der Waals surface area contributed by atoms with E-state index in [4.69, 9.17) is 11.5 Å². The second-order valence-corrected chi connectivity index (χ2v) is 5.06. The first kappa shape index (κ1) is 15.5. The summed E-state index contributed by atoms with van der Waals surface area (Å²) in [6, 6.07) is 7.77. The van der Waals surface area contributed by atoms with Crippen LogP contribution in [0.15, 0.2) is 24.3 Å². The monoisotopic (exact) mass is 263 g/mol. The van der Waals surface area contributed by atoms with Crippen molar-refractivity contribution in [1.82, 2.24) is 4.90 Å². The van der Waals surface area contributed by atoms with Crippen molar-refractivity contribution in [3.63, 3.8) is 0 Å². The Hall–Kier alpha value is -1.55. The van der Waals surface area contributed by atoms with Crippen molar-refractivity contribution in [2.75, 3.05) is 18.8 Å². The molecule has 0 bridgehead atoms. The Kier molecular flexibility index (Phi) is 6.36. The van der Waals surface area contributed by atoms with E-state index in [-0.39, 0.29) is 5.91 Å². The van der Waals surface area contributed by atoms with Crippen LogP contribution >= 0.6 is 0 Å². The first-order valence-electron chi connectivity index (χ1n) is 6.90. The molecule has 0 saturated carbocycles. The molecule has 0 saturated heterocycles. The predicted molar refractivity (Wildman–Crippen MR) is 79.4 cm³/mol. The number of carbonyl (C=O) groups is 1. The molecule has 0 unspecified atom stereocenters. The summed E-state index contributed by atoms with van der Waals surface area (Å²) in [6.45, 7) is 6.26. The van der Waals surface area contributed by atoms with Crippen LogP contribution in [0.1, 0.15) is 32.3 Å². The number of nitrogens with zero attached hydrogens (tertiary/aromatic N) is 1. The molecule has 0 aliphatic rings. The number of carbonyl (C=O) groups excluding carboxylic acids is 1. The van der Waals surface area contributed by atoms with E-state index in [0.717, 1.165) is 30.6 Å². The quantitative estimate of drug-likeness (QED) is 0.705. The van der Waals surface area contributed by atoms with Gasteiger partial charge in [0, 0.05) is 18.8 Å². The van der Waals surface area contributed by atoms with E-state index in [2.05, 4.69) is 18.7 Å². The number of anilines is 1. The summed E-state index contributed by atoms with van der Waals surface area (Å²) in [5, 5.41) is 0. The van der Waals surface area contributed by atoms with Crippen molar-refractivity contribution in [2.45, 2.75) is 33.2 Å². The van der Waals surface area contributed by atoms with Crippen LogP contribution in [0.3, 0.4) is 0 Å². The molecule has 4 nitrogen and oxygen atoms in total. The fourth-order valence-corrected chi connectivity index (χ4v) is 2.27. The highest BCUT2D eigenvalue weighted by molar-refractivity contribution is 5.75. The fraction of sp³-hybridized carbons (Fsp3) is 0.533. The molecule has 4 heteroatoms. The Morgan fingerprint density at radius 1 is 1.32 bits per heavy atom. The molecule has 106 valence electrons. The maximum absolute atomic E-state index is 11.2. The molecule has 0 fully saturated rings. The van der Waals surface area contributed by atoms with Crippen LogP contribution in [-0.2, 0) is 11.3 Å². The topological polar surface area (TPSA) is 72.3 Å². The zero-order chi connectivity index (χ0) is 14.3. The SMILES string of the molecule is CCC(CC)CN(CC(N)=O)Cc1cccc(N)c1. The zero-order valence-electron chi connectivity index (χ0n) is 11.9. The standard InChI is InChI=1S/C15H25N3O/c1-3-12(4-2)9-18(11-15(17)19)10-13-6-5-7-14(16)8-13/h5-8,12H,3-4,9-11,16H2,1-2H3,(H2,17,19). The Morgan fingerprint density at radius 3 is 2.53 bits per heavy atom. The Bertz CT molecular complexity index is 402. The Balaban J connectivity index is 2.70. The number of nitrogens with two attached hydrogens (primary N) is 2. The van der Waals surface area contributed by atoms with Crippen molar-refractivity contribution in [2.24, 2.45) is 11.7 Å². The summed E-state index contributed by atoms with van der Waals surface area (Å²) in [6.07, 6.45) is 2.23. The third kappa shape index (κ3) is 5.75. The number of hydrogen-bond donors (Lipinski definition) is 2. The maximum atomic E-state index is 11.2. The van der Waals surface area contributed by atoms with Crippen molar-refractivity contribution < 1.29 is 4.79 Å². The summed E-state index contributed by atoms with van der Waals surface area (Å²) < 4.78 is 0. The lowest BCUT2D eigenvalue weighted by molar-refractivity contribution is -0.119. The van der Waals surface area contributed by atoms with Crippen LogP contribution in [0.2, 0.25) is 0 Å². The second kappa shape index (κ2) is 7.79. The van der Waals surface area contributed by atoms with Crippen LogP contribution in [0.4, 0.5) is 5.69 Å². The highest BCUT2D eigenvalue weighted by Gasteiger charge is 2.14. The smallest absolute Gasteiger partial charge is 0.231 e. The van der Waals surface area contributed by atoms with Gasteiger partial charge in [0.2, 0.25) is 5.91 Å². The Labute approximate surface area is 115 Å². The molecule has 1 rings (SSSR count). The molecule has 0 heterocycles. The molecule has 0 aromatic heterocycles. The summed E-state index contributed by atoms with van der Waals surface area (Å²) in [4.78, 5) is 13.3. The van der Waals surface area contributed by atoms with Gasteiger partial charge in [-0.1, -0.05) is 38.8 Å². The van der Waals surface area contributed by atoms with Crippen LogP contribution in [0, 0.1) is 5.92 Å². The van der Waals surface area contributed by atoms with Gasteiger partial charge in [0.1, 0.15) is 0 Å². The van der Waals surface area contributed by atoms with E-state index >= 15 is 0 Å². The van der Waals surface area contributed by atoms with E-state index in [0.29, 0.717) is 19.0 Å². The molecule has 4 N–H and O–H groups in total. The molecule has 0 spiro atoms. The van der Waals surface area contributed by atoms with Gasteiger partial charge in [0.05, 0.1) is 6.54 Å². The van der Waals surface area contributed by atoms with Gasteiger partial charge in [0.25, 0.3) is 0 Å². The number of amides is 1. The van der Waals surface area contributed by atoms with E-state index in [1.165, 1.54) is 0 Å². The zero-order valence-corrected chi connectivity index (χ0v) is 11.9. The average molecular weight is 263 g/mol. The average Bonchev–Trinajstić information content (AvgIpc) is 2.35. The van der Waals surface area contributed by atoms with Gasteiger partial charge in [-0.2, -0.15) is 0 Å². The van der Waals surface area contributed by atoms with Gasteiger partial charge in [0.15, 0.2) is 0 Å². The van der Waals surface area contributed by atoms with Crippen LogP contribution in [0.5, 0.6) is 0 Å². The lowest BCUT2D eigenvalue weighted by Crippen LogP contribution is -2.36. The van der Waals surface area contributed by atoms with Gasteiger partial charge in [-0.25, -0.2) is 0 Å². The molecule has 0 aliphatic carbocycles. The highest BCUT2D eigenvalue weighted by atomic mass is 16.1. The van der Waals surface area contributed by atoms with Crippen LogP contribution in [-0.4, -0.2) is 23.9 Å². The summed E-state index contributed by atoms with van der Waals surface area (Å²) >= 11 is 0. The summed E-state index contributed by atoms with van der Waals surface area (Å²) in [5.74, 6) is 0.315. The highest BCUT2D eigenvalue weighted by Crippen LogP contribution is 2.14. The normalized spacial score (nSPS) is 11.2. The number of nitrogen functional groups attached to an aromatic ring is 1. The van der Waals surface area contributed by atoms with Gasteiger partial charge in [-0.3, -0.25) is 9.69 Å². The molecule has 1 aromatic rings.